The largest absolute Gasteiger partial charge is 0.326 e. The maximum atomic E-state index is 12.4. The summed E-state index contributed by atoms with van der Waals surface area (Å²) in [4.78, 5) is 11.6. The predicted molar refractivity (Wildman–Crippen MR) is 93.6 cm³/mol. The minimum Gasteiger partial charge on any atom is -0.326 e. The summed E-state index contributed by atoms with van der Waals surface area (Å²) in [6.45, 7) is 4.38. The highest BCUT2D eigenvalue weighted by Crippen LogP contribution is 2.25. The van der Waals surface area contributed by atoms with Gasteiger partial charge in [0.05, 0.1) is 11.3 Å². The molecule has 0 fully saturated rings. The van der Waals surface area contributed by atoms with Crippen LogP contribution in [0.4, 0.5) is 5.69 Å². The van der Waals surface area contributed by atoms with Gasteiger partial charge in [0.2, 0.25) is 15.9 Å². The van der Waals surface area contributed by atoms with Crippen LogP contribution in [0.25, 0.3) is 0 Å². The van der Waals surface area contributed by atoms with Gasteiger partial charge in [0.25, 0.3) is 0 Å². The van der Waals surface area contributed by atoms with Crippen molar-refractivity contribution in [1.29, 1.82) is 0 Å². The van der Waals surface area contributed by atoms with E-state index in [2.05, 4.69) is 16.1 Å². The summed E-state index contributed by atoms with van der Waals surface area (Å²) >= 11 is 0. The fourth-order valence-electron chi connectivity index (χ4n) is 2.85. The first-order chi connectivity index (χ1) is 11.3. The lowest BCUT2D eigenvalue weighted by Crippen LogP contribution is -2.26. The number of rotatable bonds is 5. The normalized spacial score (nSPS) is 13.7. The molecule has 5 nitrogen and oxygen atoms in total. The minimum absolute atomic E-state index is 0.109. The minimum atomic E-state index is -3.58. The van der Waals surface area contributed by atoms with Crippen LogP contribution in [0, 0.1) is 13.8 Å². The number of hydrogen-bond acceptors (Lipinski definition) is 3. The highest BCUT2D eigenvalue weighted by Gasteiger charge is 2.21. The second-order valence-corrected chi connectivity index (χ2v) is 7.89. The molecule has 1 aliphatic rings. The summed E-state index contributed by atoms with van der Waals surface area (Å²) in [5.74, 6) is -0.109. The van der Waals surface area contributed by atoms with E-state index in [-0.39, 0.29) is 17.2 Å². The molecule has 2 aromatic carbocycles. The van der Waals surface area contributed by atoms with Crippen LogP contribution in [0.1, 0.15) is 22.3 Å². The van der Waals surface area contributed by atoms with Crippen molar-refractivity contribution in [2.24, 2.45) is 0 Å². The van der Waals surface area contributed by atoms with Gasteiger partial charge in [-0.3, -0.25) is 4.79 Å². The third-order valence-corrected chi connectivity index (χ3v) is 5.66. The van der Waals surface area contributed by atoms with E-state index in [1.54, 1.807) is 12.1 Å². The molecular weight excluding hydrogens is 324 g/mol. The molecule has 0 unspecified atom stereocenters. The average Bonchev–Trinajstić information content (AvgIpc) is 2.89. The topological polar surface area (TPSA) is 75.3 Å². The molecule has 1 aliphatic heterocycles. The van der Waals surface area contributed by atoms with Crippen molar-refractivity contribution in [3.05, 3.63) is 58.7 Å². The van der Waals surface area contributed by atoms with Crippen LogP contribution in [0.5, 0.6) is 0 Å². The Kier molecular flexibility index (Phi) is 4.43. The second-order valence-electron chi connectivity index (χ2n) is 6.12. The molecule has 0 radical (unpaired) electrons. The Morgan fingerprint density at radius 1 is 1.12 bits per heavy atom. The highest BCUT2D eigenvalue weighted by atomic mass is 32.2. The zero-order chi connectivity index (χ0) is 17.3. The molecule has 0 aromatic heterocycles. The van der Waals surface area contributed by atoms with Gasteiger partial charge in [-0.2, -0.15) is 0 Å². The van der Waals surface area contributed by atoms with Crippen LogP contribution in [-0.4, -0.2) is 20.9 Å². The quantitative estimate of drug-likeness (QED) is 0.874. The van der Waals surface area contributed by atoms with E-state index in [1.807, 2.05) is 26.0 Å². The summed E-state index contributed by atoms with van der Waals surface area (Å²) in [6.07, 6.45) is 0.860. The molecule has 0 saturated carbocycles. The first-order valence-electron chi connectivity index (χ1n) is 7.84. The van der Waals surface area contributed by atoms with Gasteiger partial charge in [-0.1, -0.05) is 23.8 Å². The van der Waals surface area contributed by atoms with Crippen LogP contribution in [-0.2, 0) is 27.7 Å². The molecule has 126 valence electrons. The molecule has 0 bridgehead atoms. The van der Waals surface area contributed by atoms with Crippen molar-refractivity contribution in [2.75, 3.05) is 11.9 Å². The Morgan fingerprint density at radius 3 is 2.71 bits per heavy atom. The van der Waals surface area contributed by atoms with Crippen molar-refractivity contribution >= 4 is 21.6 Å². The maximum absolute atomic E-state index is 12.4. The number of aryl methyl sites for hydroxylation is 2. The molecule has 1 amide bonds. The molecule has 2 N–H and O–H groups in total. The smallest absolute Gasteiger partial charge is 0.240 e. The number of carbonyl (C=O) groups excluding carboxylic acids is 1. The number of amides is 1. The van der Waals surface area contributed by atoms with E-state index in [0.717, 1.165) is 22.3 Å². The Hall–Kier alpha value is -2.18. The van der Waals surface area contributed by atoms with Gasteiger partial charge in [-0.25, -0.2) is 13.1 Å². The van der Waals surface area contributed by atoms with E-state index < -0.39 is 10.0 Å². The van der Waals surface area contributed by atoms with Crippen LogP contribution in [0.3, 0.4) is 0 Å². The first kappa shape index (κ1) is 16.7. The highest BCUT2D eigenvalue weighted by molar-refractivity contribution is 7.89. The molecule has 6 heteroatoms. The van der Waals surface area contributed by atoms with Gasteiger partial charge in [0.15, 0.2) is 0 Å². The lowest BCUT2D eigenvalue weighted by molar-refractivity contribution is -0.115. The van der Waals surface area contributed by atoms with Gasteiger partial charge in [0, 0.05) is 12.2 Å². The number of sulfonamides is 1. The molecule has 0 spiro atoms. The third-order valence-electron chi connectivity index (χ3n) is 4.20. The van der Waals surface area contributed by atoms with E-state index in [0.29, 0.717) is 18.7 Å². The van der Waals surface area contributed by atoms with Crippen molar-refractivity contribution in [3.63, 3.8) is 0 Å². The van der Waals surface area contributed by atoms with Gasteiger partial charge >= 0.3 is 0 Å². The van der Waals surface area contributed by atoms with Crippen LogP contribution >= 0.6 is 0 Å². The fourth-order valence-corrected chi connectivity index (χ4v) is 3.93. The number of fused-ring (bicyclic) bond motifs is 1. The van der Waals surface area contributed by atoms with Gasteiger partial charge in [0.1, 0.15) is 0 Å². The van der Waals surface area contributed by atoms with Crippen molar-refractivity contribution in [3.8, 4) is 0 Å². The Labute approximate surface area is 142 Å². The molecular formula is C18H20N2O3S. The van der Waals surface area contributed by atoms with Crippen LogP contribution in [0.15, 0.2) is 41.3 Å². The number of nitrogens with one attached hydrogen (secondary N) is 2. The second kappa shape index (κ2) is 6.37. The van der Waals surface area contributed by atoms with Crippen LogP contribution < -0.4 is 10.0 Å². The van der Waals surface area contributed by atoms with E-state index in [1.165, 1.54) is 6.07 Å². The summed E-state index contributed by atoms with van der Waals surface area (Å²) < 4.78 is 27.5. The number of benzene rings is 2. The molecule has 24 heavy (non-hydrogen) atoms. The van der Waals surface area contributed by atoms with Crippen molar-refractivity contribution in [1.82, 2.24) is 4.72 Å². The molecule has 0 aliphatic carbocycles. The monoisotopic (exact) mass is 344 g/mol. The van der Waals surface area contributed by atoms with E-state index in [9.17, 15) is 13.2 Å². The summed E-state index contributed by atoms with van der Waals surface area (Å²) in [6, 6.07) is 10.9. The SMILES string of the molecule is Cc1ccc(C)c(CCNS(=O)(=O)c2ccc3c(c2)CC(=O)N3)c1. The fraction of sp³-hybridized carbons (Fsp3) is 0.278. The number of carbonyl (C=O) groups is 1. The van der Waals surface area contributed by atoms with Crippen molar-refractivity contribution in [2.45, 2.75) is 31.6 Å². The Balaban J connectivity index is 1.70. The van der Waals surface area contributed by atoms with Gasteiger partial charge in [-0.15, -0.1) is 0 Å². The van der Waals surface area contributed by atoms with Gasteiger partial charge in [-0.05, 0) is 55.2 Å². The zero-order valence-electron chi connectivity index (χ0n) is 13.7. The maximum Gasteiger partial charge on any atom is 0.240 e. The average molecular weight is 344 g/mol. The van der Waals surface area contributed by atoms with E-state index >= 15 is 0 Å². The molecule has 0 saturated heterocycles. The summed E-state index contributed by atoms with van der Waals surface area (Å²) in [5, 5.41) is 2.70. The van der Waals surface area contributed by atoms with Gasteiger partial charge < -0.3 is 5.32 Å². The lowest BCUT2D eigenvalue weighted by Gasteiger charge is -2.10. The molecule has 3 rings (SSSR count). The van der Waals surface area contributed by atoms with Crippen molar-refractivity contribution < 1.29 is 13.2 Å². The van der Waals surface area contributed by atoms with Crippen LogP contribution in [0.2, 0.25) is 0 Å². The standard InChI is InChI=1S/C18H20N2O3S/c1-12-3-4-13(2)14(9-12)7-8-19-24(22,23)16-5-6-17-15(10-16)11-18(21)20-17/h3-6,9-10,19H,7-8,11H2,1-2H3,(H,20,21). The first-order valence-corrected chi connectivity index (χ1v) is 9.32. The third kappa shape index (κ3) is 3.49. The summed E-state index contributed by atoms with van der Waals surface area (Å²) in [7, 11) is -3.58. The number of anilines is 1. The zero-order valence-corrected chi connectivity index (χ0v) is 14.5. The Bertz CT molecular complexity index is 904. The molecule has 2 aromatic rings. The van der Waals surface area contributed by atoms with E-state index in [4.69, 9.17) is 0 Å². The predicted octanol–water partition coefficient (Wildman–Crippen LogP) is 2.32. The lowest BCUT2D eigenvalue weighted by atomic mass is 10.0. The molecule has 1 heterocycles. The molecule has 0 atom stereocenters. The number of hydrogen-bond donors (Lipinski definition) is 2. The Morgan fingerprint density at radius 2 is 1.92 bits per heavy atom. The summed E-state index contributed by atoms with van der Waals surface area (Å²) in [5.41, 5.74) is 4.87.